The van der Waals surface area contributed by atoms with Crippen molar-refractivity contribution in [3.05, 3.63) is 35.4 Å². The summed E-state index contributed by atoms with van der Waals surface area (Å²) in [6.07, 6.45) is 1.34. The molecule has 0 aliphatic rings. The Balaban J connectivity index is 2.60. The van der Waals surface area contributed by atoms with Crippen LogP contribution in [-0.2, 0) is 11.2 Å². The maximum Gasteiger partial charge on any atom is 0.248 e. The Morgan fingerprint density at radius 2 is 2.00 bits per heavy atom. The molecule has 0 aromatic heterocycles. The number of aryl methyl sites for hydroxylation is 1. The highest BCUT2D eigenvalue weighted by molar-refractivity contribution is 5.94. The Morgan fingerprint density at radius 3 is 2.62 bits per heavy atom. The van der Waals surface area contributed by atoms with E-state index in [0.29, 0.717) is 18.4 Å². The maximum atomic E-state index is 11.1. The van der Waals surface area contributed by atoms with Gasteiger partial charge in [0.1, 0.15) is 0 Å². The summed E-state index contributed by atoms with van der Waals surface area (Å²) in [6.45, 7) is 0. The van der Waals surface area contributed by atoms with Crippen LogP contribution in [0.5, 0.6) is 0 Å². The molecule has 0 atom stereocenters. The van der Waals surface area contributed by atoms with Crippen LogP contribution in [0.4, 0.5) is 0 Å². The van der Waals surface area contributed by atoms with E-state index in [2.05, 4.69) is 0 Å². The summed E-state index contributed by atoms with van der Waals surface area (Å²) in [5.74, 6) is -0.904. The average Bonchev–Trinajstić information content (AvgIpc) is 2.29. The van der Waals surface area contributed by atoms with Gasteiger partial charge in [-0.15, -0.1) is 0 Å². The predicted molar refractivity (Wildman–Crippen MR) is 57.8 cm³/mol. The Labute approximate surface area is 93.2 Å². The van der Waals surface area contributed by atoms with Crippen molar-refractivity contribution in [1.82, 2.24) is 5.48 Å². The summed E-state index contributed by atoms with van der Waals surface area (Å²) in [4.78, 5) is 21.8. The molecule has 4 N–H and O–H groups in total. The lowest BCUT2D eigenvalue weighted by molar-refractivity contribution is -0.129. The van der Waals surface area contributed by atoms with Gasteiger partial charge in [-0.2, -0.15) is 0 Å². The van der Waals surface area contributed by atoms with Crippen LogP contribution in [0.3, 0.4) is 0 Å². The van der Waals surface area contributed by atoms with E-state index in [1.54, 1.807) is 23.7 Å². The number of nitrogens with two attached hydrogens (primary N) is 1. The first-order valence-electron chi connectivity index (χ1n) is 4.95. The van der Waals surface area contributed by atoms with E-state index in [1.165, 1.54) is 0 Å². The van der Waals surface area contributed by atoms with Crippen molar-refractivity contribution in [2.45, 2.75) is 19.3 Å². The highest BCUT2D eigenvalue weighted by Gasteiger charge is 2.07. The molecule has 1 aromatic carbocycles. The molecule has 86 valence electrons. The third-order valence-electron chi connectivity index (χ3n) is 2.26. The molecule has 0 radical (unpaired) electrons. The summed E-state index contributed by atoms with van der Waals surface area (Å²) in [6, 6.07) is 7.01. The third-order valence-corrected chi connectivity index (χ3v) is 2.26. The van der Waals surface area contributed by atoms with E-state index >= 15 is 0 Å². The van der Waals surface area contributed by atoms with Crippen molar-refractivity contribution in [2.24, 2.45) is 5.73 Å². The predicted octanol–water partition coefficient (Wildman–Crippen LogP) is 0.614. The number of rotatable bonds is 5. The molecule has 5 heteroatoms. The molecule has 0 spiro atoms. The van der Waals surface area contributed by atoms with Gasteiger partial charge in [0.05, 0.1) is 0 Å². The fraction of sp³-hybridized carbons (Fsp3) is 0.273. The first-order chi connectivity index (χ1) is 7.65. The van der Waals surface area contributed by atoms with Gasteiger partial charge in [0.15, 0.2) is 0 Å². The van der Waals surface area contributed by atoms with Crippen molar-refractivity contribution < 1.29 is 14.8 Å². The molecule has 1 rings (SSSR count). The van der Waals surface area contributed by atoms with Crippen LogP contribution >= 0.6 is 0 Å². The minimum absolute atomic E-state index is 0.212. The van der Waals surface area contributed by atoms with Crippen LogP contribution < -0.4 is 11.2 Å². The minimum Gasteiger partial charge on any atom is -0.366 e. The van der Waals surface area contributed by atoms with Gasteiger partial charge in [0, 0.05) is 12.0 Å². The molecule has 5 nitrogen and oxygen atoms in total. The molecule has 0 aliphatic carbocycles. The van der Waals surface area contributed by atoms with Crippen LogP contribution in [0.25, 0.3) is 0 Å². The molecule has 1 aromatic rings. The van der Waals surface area contributed by atoms with Crippen molar-refractivity contribution >= 4 is 11.8 Å². The van der Waals surface area contributed by atoms with Crippen molar-refractivity contribution in [1.29, 1.82) is 0 Å². The lowest BCUT2D eigenvalue weighted by Gasteiger charge is -2.05. The number of hydrogen-bond donors (Lipinski definition) is 3. The summed E-state index contributed by atoms with van der Waals surface area (Å²) < 4.78 is 0. The van der Waals surface area contributed by atoms with E-state index in [4.69, 9.17) is 10.9 Å². The van der Waals surface area contributed by atoms with Crippen LogP contribution in [0.15, 0.2) is 24.3 Å². The van der Waals surface area contributed by atoms with E-state index in [-0.39, 0.29) is 6.42 Å². The lowest BCUT2D eigenvalue weighted by Crippen LogP contribution is -2.18. The first kappa shape index (κ1) is 12.2. The van der Waals surface area contributed by atoms with Gasteiger partial charge in [-0.05, 0) is 24.5 Å². The number of carbonyl (C=O) groups is 2. The molecule has 0 bridgehead atoms. The summed E-state index contributed by atoms with van der Waals surface area (Å²) in [5.41, 5.74) is 8.07. The zero-order valence-electron chi connectivity index (χ0n) is 8.77. The number of nitrogens with one attached hydrogen (secondary N) is 1. The normalized spacial score (nSPS) is 9.81. The van der Waals surface area contributed by atoms with E-state index in [9.17, 15) is 9.59 Å². The number of carbonyl (C=O) groups excluding carboxylic acids is 2. The number of hydrogen-bond acceptors (Lipinski definition) is 3. The zero-order chi connectivity index (χ0) is 12.0. The summed E-state index contributed by atoms with van der Waals surface area (Å²) in [7, 11) is 0. The molecule has 16 heavy (non-hydrogen) atoms. The van der Waals surface area contributed by atoms with Crippen molar-refractivity contribution in [2.75, 3.05) is 0 Å². The van der Waals surface area contributed by atoms with Gasteiger partial charge in [-0.3, -0.25) is 14.8 Å². The Morgan fingerprint density at radius 1 is 1.31 bits per heavy atom. The summed E-state index contributed by atoms with van der Waals surface area (Å²) in [5, 5.41) is 8.30. The number of benzene rings is 1. The second-order valence-electron chi connectivity index (χ2n) is 3.41. The Kier molecular flexibility index (Phi) is 4.47. The molecule has 0 heterocycles. The molecule has 0 saturated carbocycles. The second-order valence-corrected chi connectivity index (χ2v) is 3.41. The molecule has 0 saturated heterocycles. The summed E-state index contributed by atoms with van der Waals surface area (Å²) >= 11 is 0. The highest BCUT2D eigenvalue weighted by atomic mass is 16.5. The zero-order valence-corrected chi connectivity index (χ0v) is 8.77. The lowest BCUT2D eigenvalue weighted by atomic mass is 10.0. The quantitative estimate of drug-likeness (QED) is 0.503. The second kappa shape index (κ2) is 5.87. The van der Waals surface area contributed by atoms with Gasteiger partial charge >= 0.3 is 0 Å². The third kappa shape index (κ3) is 3.36. The smallest absolute Gasteiger partial charge is 0.248 e. The SMILES string of the molecule is NC(=O)c1ccccc1CCCC(=O)NO. The van der Waals surface area contributed by atoms with Crippen LogP contribution in [0.1, 0.15) is 28.8 Å². The fourth-order valence-corrected chi connectivity index (χ4v) is 1.47. The van der Waals surface area contributed by atoms with E-state index in [1.807, 2.05) is 6.07 Å². The number of amides is 2. The average molecular weight is 222 g/mol. The van der Waals surface area contributed by atoms with Gasteiger partial charge in [-0.1, -0.05) is 18.2 Å². The fourth-order valence-electron chi connectivity index (χ4n) is 1.47. The Bertz CT molecular complexity index is 391. The standard InChI is InChI=1S/C11H14N2O3/c12-11(15)9-6-2-1-4-8(9)5-3-7-10(14)13-16/h1-2,4,6,16H,3,5,7H2,(H2,12,15)(H,13,14). The van der Waals surface area contributed by atoms with Gasteiger partial charge in [-0.25, -0.2) is 5.48 Å². The van der Waals surface area contributed by atoms with E-state index in [0.717, 1.165) is 5.56 Å². The molecular formula is C11H14N2O3. The highest BCUT2D eigenvalue weighted by Crippen LogP contribution is 2.11. The molecule has 0 fully saturated rings. The maximum absolute atomic E-state index is 11.1. The largest absolute Gasteiger partial charge is 0.366 e. The topological polar surface area (TPSA) is 92.4 Å². The molecule has 2 amide bonds. The van der Waals surface area contributed by atoms with Crippen molar-refractivity contribution in [3.63, 3.8) is 0 Å². The van der Waals surface area contributed by atoms with E-state index < -0.39 is 11.8 Å². The van der Waals surface area contributed by atoms with Crippen LogP contribution in [0, 0.1) is 0 Å². The Hall–Kier alpha value is -1.88. The molecular weight excluding hydrogens is 208 g/mol. The molecule has 0 unspecified atom stereocenters. The first-order valence-corrected chi connectivity index (χ1v) is 4.95. The van der Waals surface area contributed by atoms with Crippen LogP contribution in [-0.4, -0.2) is 17.0 Å². The van der Waals surface area contributed by atoms with Crippen LogP contribution in [0.2, 0.25) is 0 Å². The van der Waals surface area contributed by atoms with Crippen molar-refractivity contribution in [3.8, 4) is 0 Å². The van der Waals surface area contributed by atoms with Gasteiger partial charge in [0.25, 0.3) is 0 Å². The minimum atomic E-state index is -0.470. The number of primary amides is 1. The monoisotopic (exact) mass is 222 g/mol. The number of hydroxylamine groups is 1. The molecule has 0 aliphatic heterocycles. The van der Waals surface area contributed by atoms with Gasteiger partial charge in [0.2, 0.25) is 11.8 Å². The van der Waals surface area contributed by atoms with Gasteiger partial charge < -0.3 is 5.73 Å².